The lowest BCUT2D eigenvalue weighted by atomic mass is 10.2. The largest absolute Gasteiger partial charge is 0.360 e. The van der Waals surface area contributed by atoms with Crippen LogP contribution in [0.2, 0.25) is 5.02 Å². The molecule has 1 aliphatic heterocycles. The van der Waals surface area contributed by atoms with Gasteiger partial charge in [-0.1, -0.05) is 17.7 Å². The maximum Gasteiger partial charge on any atom is 0.267 e. The fourth-order valence-corrected chi connectivity index (χ4v) is 3.89. The highest BCUT2D eigenvalue weighted by Crippen LogP contribution is 2.27. The number of carbonyl (C=O) groups is 1. The number of benzene rings is 1. The van der Waals surface area contributed by atoms with Crippen molar-refractivity contribution in [3.05, 3.63) is 75.8 Å². The van der Waals surface area contributed by atoms with Gasteiger partial charge in [0.1, 0.15) is 29.4 Å². The Hall–Kier alpha value is -4.05. The minimum Gasteiger partial charge on any atom is -0.360 e. The van der Waals surface area contributed by atoms with Crippen molar-refractivity contribution in [3.8, 4) is 5.69 Å². The third-order valence-corrected chi connectivity index (χ3v) is 5.41. The molecule has 1 amide bonds. The summed E-state index contributed by atoms with van der Waals surface area (Å²) in [7, 11) is 0. The van der Waals surface area contributed by atoms with Crippen LogP contribution in [0.3, 0.4) is 0 Å². The summed E-state index contributed by atoms with van der Waals surface area (Å²) in [6, 6.07) is 8.11. The summed E-state index contributed by atoms with van der Waals surface area (Å²) in [4.78, 5) is 43.1. The lowest BCUT2D eigenvalue weighted by Gasteiger charge is -2.23. The van der Waals surface area contributed by atoms with E-state index in [9.17, 15) is 9.59 Å². The number of hydrogen-bond donors (Lipinski definition) is 3. The Morgan fingerprint density at radius 2 is 2.03 bits per heavy atom. The number of nitrogens with zero attached hydrogens (tertiary/aromatic N) is 5. The van der Waals surface area contributed by atoms with Gasteiger partial charge in [-0.25, -0.2) is 15.0 Å². The average Bonchev–Trinajstić information content (AvgIpc) is 2.79. The molecule has 0 saturated carbocycles. The van der Waals surface area contributed by atoms with Crippen LogP contribution in [0, 0.1) is 0 Å². The molecule has 0 radical (unpaired) electrons. The van der Waals surface area contributed by atoms with Crippen molar-refractivity contribution in [2.24, 2.45) is 0 Å². The lowest BCUT2D eigenvalue weighted by molar-refractivity contribution is 0.0952. The number of anilines is 2. The summed E-state index contributed by atoms with van der Waals surface area (Å²) in [5.41, 5.74) is 0.987. The number of carbonyl (C=O) groups excluding carboxylic acids is 1. The fraction of sp³-hybridized carbons (Fsp3) is 0.143. The molecule has 5 rings (SSSR count). The SMILES string of the molecule is CC(Nc1ncnc2c1C(=O)NCN2)c1nc2cccc(Cl)c2c(=O)n1-c1cccnc1. The molecule has 4 heterocycles. The summed E-state index contributed by atoms with van der Waals surface area (Å²) in [5, 5.41) is 9.55. The predicted octanol–water partition coefficient (Wildman–Crippen LogP) is 2.51. The molecule has 0 aliphatic carbocycles. The maximum atomic E-state index is 13.5. The Morgan fingerprint density at radius 3 is 2.84 bits per heavy atom. The molecule has 3 N–H and O–H groups in total. The first-order valence-electron chi connectivity index (χ1n) is 9.80. The molecule has 3 aromatic heterocycles. The van der Waals surface area contributed by atoms with Gasteiger partial charge in [0.2, 0.25) is 0 Å². The third-order valence-electron chi connectivity index (χ3n) is 5.10. The van der Waals surface area contributed by atoms with Crippen LogP contribution in [-0.4, -0.2) is 37.1 Å². The van der Waals surface area contributed by atoms with E-state index in [1.165, 1.54) is 10.9 Å². The van der Waals surface area contributed by atoms with Crippen LogP contribution in [0.1, 0.15) is 29.1 Å². The smallest absolute Gasteiger partial charge is 0.267 e. The van der Waals surface area contributed by atoms with E-state index in [0.29, 0.717) is 44.6 Å². The number of halogens is 1. The minimum atomic E-state index is -0.514. The van der Waals surface area contributed by atoms with Gasteiger partial charge < -0.3 is 16.0 Å². The number of fused-ring (bicyclic) bond motifs is 2. The highest BCUT2D eigenvalue weighted by Gasteiger charge is 2.25. The van der Waals surface area contributed by atoms with E-state index in [1.54, 1.807) is 42.7 Å². The van der Waals surface area contributed by atoms with Crippen LogP contribution in [-0.2, 0) is 0 Å². The second kappa shape index (κ2) is 7.89. The number of amides is 1. The monoisotopic (exact) mass is 448 g/mol. The molecule has 1 aliphatic rings. The number of hydrogen-bond acceptors (Lipinski definition) is 8. The molecule has 0 saturated heterocycles. The number of pyridine rings is 1. The van der Waals surface area contributed by atoms with Crippen molar-refractivity contribution in [1.29, 1.82) is 0 Å². The topological polar surface area (TPSA) is 127 Å². The second-order valence-corrected chi connectivity index (χ2v) is 7.53. The normalized spacial score (nSPS) is 13.8. The predicted molar refractivity (Wildman–Crippen MR) is 120 cm³/mol. The minimum absolute atomic E-state index is 0.283. The van der Waals surface area contributed by atoms with Crippen molar-refractivity contribution in [2.75, 3.05) is 17.3 Å². The maximum absolute atomic E-state index is 13.5. The van der Waals surface area contributed by atoms with E-state index in [1.807, 2.05) is 6.92 Å². The molecule has 1 atom stereocenters. The Balaban J connectivity index is 1.68. The number of aromatic nitrogens is 5. The van der Waals surface area contributed by atoms with E-state index < -0.39 is 6.04 Å². The molecule has 0 spiro atoms. The van der Waals surface area contributed by atoms with E-state index in [4.69, 9.17) is 16.6 Å². The van der Waals surface area contributed by atoms with Gasteiger partial charge in [0, 0.05) is 6.20 Å². The summed E-state index contributed by atoms with van der Waals surface area (Å²) >= 11 is 6.33. The highest BCUT2D eigenvalue weighted by molar-refractivity contribution is 6.35. The molecule has 32 heavy (non-hydrogen) atoms. The Morgan fingerprint density at radius 1 is 1.16 bits per heavy atom. The average molecular weight is 449 g/mol. The number of rotatable bonds is 4. The van der Waals surface area contributed by atoms with Crippen LogP contribution in [0.5, 0.6) is 0 Å². The lowest BCUT2D eigenvalue weighted by Crippen LogP contribution is -2.36. The molecule has 1 aromatic carbocycles. The van der Waals surface area contributed by atoms with Crippen molar-refractivity contribution in [2.45, 2.75) is 13.0 Å². The van der Waals surface area contributed by atoms with E-state index in [2.05, 4.69) is 30.9 Å². The van der Waals surface area contributed by atoms with Crippen LogP contribution in [0.15, 0.2) is 53.8 Å². The summed E-state index contributed by atoms with van der Waals surface area (Å²) in [6.45, 7) is 2.11. The second-order valence-electron chi connectivity index (χ2n) is 7.13. The van der Waals surface area contributed by atoms with Crippen molar-refractivity contribution < 1.29 is 4.79 Å². The fourth-order valence-electron chi connectivity index (χ4n) is 3.64. The Bertz CT molecular complexity index is 1410. The first kappa shape index (κ1) is 19.9. The molecular formula is C21H17ClN8O2. The molecule has 4 aromatic rings. The van der Waals surface area contributed by atoms with Gasteiger partial charge in [0.05, 0.1) is 40.5 Å². The summed E-state index contributed by atoms with van der Waals surface area (Å²) < 4.78 is 1.46. The molecule has 160 valence electrons. The Kier molecular flexibility index (Phi) is 4.91. The van der Waals surface area contributed by atoms with Gasteiger partial charge in [-0.3, -0.25) is 19.1 Å². The van der Waals surface area contributed by atoms with E-state index in [0.717, 1.165) is 0 Å². The molecular weight excluding hydrogens is 432 g/mol. The molecule has 0 fully saturated rings. The first-order chi connectivity index (χ1) is 15.5. The van der Waals surface area contributed by atoms with E-state index >= 15 is 0 Å². The van der Waals surface area contributed by atoms with Crippen molar-refractivity contribution >= 4 is 40.0 Å². The Labute approximate surface area is 186 Å². The van der Waals surface area contributed by atoms with Crippen LogP contribution < -0.4 is 21.5 Å². The van der Waals surface area contributed by atoms with Gasteiger partial charge in [-0.15, -0.1) is 0 Å². The highest BCUT2D eigenvalue weighted by atomic mass is 35.5. The van der Waals surface area contributed by atoms with Gasteiger partial charge >= 0.3 is 0 Å². The standard InChI is InChI=1S/C21H17ClN8O2/c1-11(28-18-16-17(24-9-26-18)25-10-27-20(16)31)19-29-14-6-2-5-13(22)15(14)21(32)30(19)12-4-3-7-23-8-12/h2-9,11H,10H2,1H3,(H,27,31)(H2,24,25,26,28). The van der Waals surface area contributed by atoms with Gasteiger partial charge in [0.15, 0.2) is 0 Å². The van der Waals surface area contributed by atoms with Crippen molar-refractivity contribution in [3.63, 3.8) is 0 Å². The van der Waals surface area contributed by atoms with Crippen LogP contribution >= 0.6 is 11.6 Å². The molecule has 11 heteroatoms. The summed E-state index contributed by atoms with van der Waals surface area (Å²) in [5.74, 6) is 0.873. The zero-order valence-electron chi connectivity index (χ0n) is 16.8. The molecule has 0 bridgehead atoms. The van der Waals surface area contributed by atoms with Gasteiger partial charge in [-0.2, -0.15) is 0 Å². The van der Waals surface area contributed by atoms with Crippen LogP contribution in [0.25, 0.3) is 16.6 Å². The molecule has 10 nitrogen and oxygen atoms in total. The number of nitrogens with one attached hydrogen (secondary N) is 3. The molecule has 1 unspecified atom stereocenters. The summed E-state index contributed by atoms with van der Waals surface area (Å²) in [6.07, 6.45) is 4.56. The van der Waals surface area contributed by atoms with Gasteiger partial charge in [0.25, 0.3) is 11.5 Å². The van der Waals surface area contributed by atoms with Crippen molar-refractivity contribution in [1.82, 2.24) is 29.8 Å². The van der Waals surface area contributed by atoms with Gasteiger partial charge in [-0.05, 0) is 31.2 Å². The van der Waals surface area contributed by atoms with E-state index in [-0.39, 0.29) is 18.1 Å². The van der Waals surface area contributed by atoms with Crippen LogP contribution in [0.4, 0.5) is 11.6 Å². The zero-order chi connectivity index (χ0) is 22.2. The zero-order valence-corrected chi connectivity index (χ0v) is 17.6. The third kappa shape index (κ3) is 3.30. The quantitative estimate of drug-likeness (QED) is 0.434. The first-order valence-corrected chi connectivity index (χ1v) is 10.2.